The summed E-state index contributed by atoms with van der Waals surface area (Å²) in [5, 5.41) is 4.68. The second-order valence-electron chi connectivity index (χ2n) is 6.13. The maximum Gasteiger partial charge on any atom is 0.408 e. The fraction of sp³-hybridized carbons (Fsp3) is 0.130. The molecule has 28 heavy (non-hydrogen) atoms. The lowest BCUT2D eigenvalue weighted by atomic mass is 10.0. The lowest BCUT2D eigenvalue weighted by molar-refractivity contribution is -0.141. The van der Waals surface area contributed by atoms with Crippen LogP contribution in [0.15, 0.2) is 78.9 Å². The number of fused-ring (bicyclic) bond motifs is 1. The molecule has 0 fully saturated rings. The van der Waals surface area contributed by atoms with Crippen LogP contribution >= 0.6 is 0 Å². The number of carbonyl (C=O) groups is 2. The van der Waals surface area contributed by atoms with E-state index in [1.807, 2.05) is 72.8 Å². The average molecular weight is 375 g/mol. The van der Waals surface area contributed by atoms with E-state index in [4.69, 9.17) is 9.47 Å². The minimum absolute atomic E-state index is 0.119. The average Bonchev–Trinajstić information content (AvgIpc) is 2.75. The van der Waals surface area contributed by atoms with Crippen LogP contribution in [-0.2, 0) is 20.9 Å². The van der Waals surface area contributed by atoms with Crippen molar-refractivity contribution < 1.29 is 19.1 Å². The Morgan fingerprint density at radius 2 is 1.68 bits per heavy atom. The normalized spacial score (nSPS) is 11.9. The van der Waals surface area contributed by atoms with Crippen LogP contribution in [0.1, 0.15) is 11.1 Å². The fourth-order valence-electron chi connectivity index (χ4n) is 2.80. The Bertz CT molecular complexity index is 977. The zero-order chi connectivity index (χ0) is 19.8. The highest BCUT2D eigenvalue weighted by atomic mass is 16.6. The molecule has 0 spiro atoms. The van der Waals surface area contributed by atoms with Crippen LogP contribution in [0.4, 0.5) is 4.79 Å². The number of nitrogens with one attached hydrogen (secondary N) is 1. The highest BCUT2D eigenvalue weighted by molar-refractivity contribution is 5.91. The van der Waals surface area contributed by atoms with E-state index in [1.54, 1.807) is 12.2 Å². The molecule has 3 aromatic carbocycles. The van der Waals surface area contributed by atoms with Gasteiger partial charge in [0.05, 0.1) is 7.11 Å². The molecule has 0 aliphatic heterocycles. The maximum atomic E-state index is 12.1. The van der Waals surface area contributed by atoms with E-state index in [0.29, 0.717) is 0 Å². The smallest absolute Gasteiger partial charge is 0.408 e. The molecule has 1 atom stereocenters. The van der Waals surface area contributed by atoms with E-state index in [9.17, 15) is 9.59 Å². The molecule has 3 aromatic rings. The Morgan fingerprint density at radius 3 is 2.46 bits per heavy atom. The van der Waals surface area contributed by atoms with E-state index in [0.717, 1.165) is 21.9 Å². The van der Waals surface area contributed by atoms with Gasteiger partial charge < -0.3 is 14.8 Å². The lowest BCUT2D eigenvalue weighted by Gasteiger charge is -2.13. The van der Waals surface area contributed by atoms with Gasteiger partial charge >= 0.3 is 12.1 Å². The van der Waals surface area contributed by atoms with E-state index < -0.39 is 18.1 Å². The molecule has 0 aliphatic carbocycles. The standard InChI is InChI=1S/C23H21NO4/c1-27-22(25)21(24-23(26)28-16-17-8-3-2-4-9-17)15-14-19-12-7-11-18-10-5-6-13-20(18)19/h2-15,21H,16H2,1H3,(H,24,26)/b15-14+/t21-/m0/s1. The molecule has 0 saturated carbocycles. The van der Waals surface area contributed by atoms with Crippen LogP contribution in [0.2, 0.25) is 0 Å². The Morgan fingerprint density at radius 1 is 0.964 bits per heavy atom. The molecule has 0 aliphatic rings. The SMILES string of the molecule is COC(=O)[C@H](/C=C/c1cccc2ccccc12)NC(=O)OCc1ccccc1. The molecule has 0 bridgehead atoms. The van der Waals surface area contributed by atoms with Crippen molar-refractivity contribution in [3.8, 4) is 0 Å². The van der Waals surface area contributed by atoms with Gasteiger partial charge in [-0.15, -0.1) is 0 Å². The van der Waals surface area contributed by atoms with Crippen molar-refractivity contribution in [3.63, 3.8) is 0 Å². The van der Waals surface area contributed by atoms with Gasteiger partial charge in [0.25, 0.3) is 0 Å². The quantitative estimate of drug-likeness (QED) is 0.652. The van der Waals surface area contributed by atoms with Gasteiger partial charge in [-0.2, -0.15) is 0 Å². The Hall–Kier alpha value is -3.60. The number of hydrogen-bond donors (Lipinski definition) is 1. The third-order valence-corrected chi connectivity index (χ3v) is 4.23. The van der Waals surface area contributed by atoms with Crippen molar-refractivity contribution >= 4 is 28.9 Å². The van der Waals surface area contributed by atoms with Crippen LogP contribution in [-0.4, -0.2) is 25.2 Å². The number of benzene rings is 3. The van der Waals surface area contributed by atoms with Gasteiger partial charge in [-0.25, -0.2) is 9.59 Å². The second kappa shape index (κ2) is 9.37. The minimum atomic E-state index is -0.952. The summed E-state index contributed by atoms with van der Waals surface area (Å²) in [6.07, 6.45) is 2.69. The highest BCUT2D eigenvalue weighted by Crippen LogP contribution is 2.19. The van der Waals surface area contributed by atoms with Crippen molar-refractivity contribution in [1.82, 2.24) is 5.32 Å². The summed E-state index contributed by atoms with van der Waals surface area (Å²) < 4.78 is 9.98. The van der Waals surface area contributed by atoms with Crippen molar-refractivity contribution in [1.29, 1.82) is 0 Å². The molecule has 0 unspecified atom stereocenters. The number of hydrogen-bond acceptors (Lipinski definition) is 4. The van der Waals surface area contributed by atoms with Crippen LogP contribution in [0.5, 0.6) is 0 Å². The third-order valence-electron chi connectivity index (χ3n) is 4.23. The molecule has 0 saturated heterocycles. The molecule has 0 heterocycles. The van der Waals surface area contributed by atoms with Crippen molar-refractivity contribution in [2.24, 2.45) is 0 Å². The number of carbonyl (C=O) groups excluding carboxylic acids is 2. The van der Waals surface area contributed by atoms with Crippen LogP contribution < -0.4 is 5.32 Å². The van der Waals surface area contributed by atoms with Crippen molar-refractivity contribution in [2.75, 3.05) is 7.11 Å². The van der Waals surface area contributed by atoms with Crippen molar-refractivity contribution in [2.45, 2.75) is 12.6 Å². The zero-order valence-electron chi connectivity index (χ0n) is 15.5. The molecular formula is C23H21NO4. The van der Waals surface area contributed by atoms with Gasteiger partial charge in [-0.1, -0.05) is 84.9 Å². The number of esters is 1. The fourth-order valence-corrected chi connectivity index (χ4v) is 2.80. The summed E-state index contributed by atoms with van der Waals surface area (Å²) in [6, 6.07) is 22.2. The highest BCUT2D eigenvalue weighted by Gasteiger charge is 2.19. The summed E-state index contributed by atoms with van der Waals surface area (Å²) in [4.78, 5) is 24.2. The maximum absolute atomic E-state index is 12.1. The molecule has 5 heteroatoms. The molecule has 5 nitrogen and oxygen atoms in total. The Kier molecular flexibility index (Phi) is 6.41. The first-order valence-electron chi connectivity index (χ1n) is 8.88. The number of ether oxygens (including phenoxy) is 2. The van der Waals surface area contributed by atoms with Gasteiger partial charge in [0.1, 0.15) is 12.6 Å². The monoisotopic (exact) mass is 375 g/mol. The number of rotatable bonds is 6. The van der Waals surface area contributed by atoms with Gasteiger partial charge in [0.15, 0.2) is 0 Å². The summed E-state index contributed by atoms with van der Waals surface area (Å²) in [5.41, 5.74) is 1.80. The third kappa shape index (κ3) is 4.98. The lowest BCUT2D eigenvalue weighted by Crippen LogP contribution is -2.40. The first-order valence-corrected chi connectivity index (χ1v) is 8.88. The molecule has 142 valence electrons. The molecule has 0 radical (unpaired) electrons. The predicted octanol–water partition coefficient (Wildman–Crippen LogP) is 4.32. The zero-order valence-corrected chi connectivity index (χ0v) is 15.5. The Labute approximate surface area is 163 Å². The molecule has 0 aromatic heterocycles. The van der Waals surface area contributed by atoms with E-state index in [-0.39, 0.29) is 6.61 Å². The number of amides is 1. The second-order valence-corrected chi connectivity index (χ2v) is 6.13. The van der Waals surface area contributed by atoms with Crippen molar-refractivity contribution in [3.05, 3.63) is 90.0 Å². The van der Waals surface area contributed by atoms with Gasteiger partial charge in [0.2, 0.25) is 0 Å². The summed E-state index contributed by atoms with van der Waals surface area (Å²) in [5.74, 6) is -0.576. The number of methoxy groups -OCH3 is 1. The van der Waals surface area contributed by atoms with E-state index in [1.165, 1.54) is 7.11 Å². The van der Waals surface area contributed by atoms with E-state index in [2.05, 4.69) is 5.32 Å². The molecule has 3 rings (SSSR count). The molecule has 1 N–H and O–H groups in total. The van der Waals surface area contributed by atoms with Crippen LogP contribution in [0.3, 0.4) is 0 Å². The van der Waals surface area contributed by atoms with E-state index >= 15 is 0 Å². The van der Waals surface area contributed by atoms with Gasteiger partial charge in [0, 0.05) is 0 Å². The largest absolute Gasteiger partial charge is 0.467 e. The summed E-state index contributed by atoms with van der Waals surface area (Å²) >= 11 is 0. The first-order chi connectivity index (χ1) is 13.7. The van der Waals surface area contributed by atoms with Gasteiger partial charge in [-0.05, 0) is 21.9 Å². The molecular weight excluding hydrogens is 354 g/mol. The summed E-state index contributed by atoms with van der Waals surface area (Å²) in [7, 11) is 1.28. The first kappa shape index (κ1) is 19.2. The summed E-state index contributed by atoms with van der Waals surface area (Å²) in [6.45, 7) is 0.119. The Balaban J connectivity index is 1.70. The van der Waals surface area contributed by atoms with Crippen LogP contribution in [0.25, 0.3) is 16.8 Å². The molecule has 1 amide bonds. The topological polar surface area (TPSA) is 64.6 Å². The predicted molar refractivity (Wildman–Crippen MR) is 109 cm³/mol. The van der Waals surface area contributed by atoms with Crippen LogP contribution in [0, 0.1) is 0 Å². The number of alkyl carbamates (subject to hydrolysis) is 1. The van der Waals surface area contributed by atoms with Gasteiger partial charge in [-0.3, -0.25) is 0 Å². The minimum Gasteiger partial charge on any atom is -0.467 e.